The van der Waals surface area contributed by atoms with E-state index < -0.39 is 46.2 Å². The molecule has 2 rings (SSSR count). The fourth-order valence-corrected chi connectivity index (χ4v) is 3.04. The van der Waals surface area contributed by atoms with Gasteiger partial charge in [0.25, 0.3) is 5.56 Å². The third-order valence-corrected chi connectivity index (χ3v) is 5.16. The molecule has 14 nitrogen and oxygen atoms in total. The molecule has 44 heavy (non-hydrogen) atoms. The molecular formula is C30H41N5O9. The largest absolute Gasteiger partial charge is 0.464 e. The number of likely N-dealkylation sites (N-methyl/N-ethyl adjacent to an activating group) is 1. The van der Waals surface area contributed by atoms with E-state index in [2.05, 4.69) is 14.7 Å². The van der Waals surface area contributed by atoms with Crippen LogP contribution in [-0.4, -0.2) is 89.4 Å². The first-order valence-electron chi connectivity index (χ1n) is 13.6. The Balaban J connectivity index is 0.000000627. The number of aromatic amines is 1. The summed E-state index contributed by atoms with van der Waals surface area (Å²) in [6.45, 7) is 11.2. The monoisotopic (exact) mass is 615 g/mol. The molecule has 0 aliphatic rings. The van der Waals surface area contributed by atoms with E-state index in [0.717, 1.165) is 7.11 Å². The summed E-state index contributed by atoms with van der Waals surface area (Å²) in [5.74, 6) is -2.22. The van der Waals surface area contributed by atoms with E-state index >= 15 is 0 Å². The number of hydrogen-bond acceptors (Lipinski definition) is 11. The lowest BCUT2D eigenvalue weighted by molar-refractivity contribution is 0.0290. The summed E-state index contributed by atoms with van der Waals surface area (Å²) in [5.41, 5.74) is -2.20. The molecule has 0 aliphatic carbocycles. The highest BCUT2D eigenvalue weighted by molar-refractivity contribution is 5.94. The standard InChI is InChI=1S/C21H25N3O7.C9H16N2O2/c1-21(2,3)31-20(28)24(4)12-11-14-22-15(19(27)29-5)16(17(25)23-14)30-18(26)13-9-7-6-8-10-13;1-9(2,3)13-8(12)11(4)7-5-6-10/h6-10H,11-12H2,1-5H3,(H,22,23,25);5,7H2,1-4H3. The molecule has 240 valence electrons. The van der Waals surface area contributed by atoms with E-state index in [4.69, 9.17) is 19.5 Å². The van der Waals surface area contributed by atoms with Crippen LogP contribution >= 0.6 is 0 Å². The number of benzene rings is 1. The van der Waals surface area contributed by atoms with Gasteiger partial charge in [-0.2, -0.15) is 5.26 Å². The second kappa shape index (κ2) is 16.6. The van der Waals surface area contributed by atoms with E-state index in [1.807, 2.05) is 26.8 Å². The lowest BCUT2D eigenvalue weighted by Crippen LogP contribution is -2.35. The Bertz CT molecular complexity index is 1390. The maximum Gasteiger partial charge on any atom is 0.410 e. The van der Waals surface area contributed by atoms with Gasteiger partial charge in [0.2, 0.25) is 5.75 Å². The van der Waals surface area contributed by atoms with Gasteiger partial charge in [-0.25, -0.2) is 24.2 Å². The van der Waals surface area contributed by atoms with Crippen molar-refractivity contribution in [1.29, 1.82) is 5.26 Å². The number of carbonyl (C=O) groups is 4. The van der Waals surface area contributed by atoms with Gasteiger partial charge in [0, 0.05) is 33.6 Å². The van der Waals surface area contributed by atoms with Gasteiger partial charge in [-0.15, -0.1) is 0 Å². The van der Waals surface area contributed by atoms with Gasteiger partial charge in [-0.05, 0) is 53.7 Å². The summed E-state index contributed by atoms with van der Waals surface area (Å²) in [6.07, 6.45) is -0.489. The lowest BCUT2D eigenvalue weighted by Gasteiger charge is -2.24. The molecule has 1 N–H and O–H groups in total. The first-order chi connectivity index (χ1) is 20.4. The van der Waals surface area contributed by atoms with Crippen molar-refractivity contribution in [2.45, 2.75) is 65.6 Å². The highest BCUT2D eigenvalue weighted by Gasteiger charge is 2.25. The van der Waals surface area contributed by atoms with Gasteiger partial charge in [0.1, 0.15) is 17.0 Å². The molecule has 0 atom stereocenters. The van der Waals surface area contributed by atoms with Crippen LogP contribution in [0.1, 0.15) is 74.6 Å². The van der Waals surface area contributed by atoms with Crippen LogP contribution in [0.4, 0.5) is 9.59 Å². The number of aromatic nitrogens is 2. The Morgan fingerprint density at radius 2 is 1.41 bits per heavy atom. The zero-order valence-corrected chi connectivity index (χ0v) is 26.7. The molecule has 1 heterocycles. The van der Waals surface area contributed by atoms with Crippen molar-refractivity contribution < 1.29 is 38.1 Å². The minimum absolute atomic E-state index is 0.111. The van der Waals surface area contributed by atoms with E-state index in [-0.39, 0.29) is 30.4 Å². The number of nitriles is 1. The number of rotatable bonds is 8. The number of nitrogens with zero attached hydrogens (tertiary/aromatic N) is 4. The molecule has 14 heteroatoms. The van der Waals surface area contributed by atoms with Crippen LogP contribution in [0.5, 0.6) is 5.75 Å². The van der Waals surface area contributed by atoms with Gasteiger partial charge in [0.05, 0.1) is 25.2 Å². The molecule has 2 aromatic rings. The van der Waals surface area contributed by atoms with Crippen LogP contribution in [0.15, 0.2) is 35.1 Å². The Hall–Kier alpha value is -4.93. The smallest absolute Gasteiger partial charge is 0.410 e. The van der Waals surface area contributed by atoms with Crippen LogP contribution in [0.25, 0.3) is 0 Å². The average molecular weight is 616 g/mol. The molecule has 0 spiro atoms. The first kappa shape index (κ1) is 37.1. The topological polar surface area (TPSA) is 181 Å². The maximum absolute atomic E-state index is 12.5. The fourth-order valence-electron chi connectivity index (χ4n) is 3.04. The Labute approximate surface area is 256 Å². The molecule has 0 aliphatic heterocycles. The predicted molar refractivity (Wildman–Crippen MR) is 159 cm³/mol. The van der Waals surface area contributed by atoms with E-state index in [1.54, 1.807) is 46.0 Å². The lowest BCUT2D eigenvalue weighted by atomic mass is 10.2. The first-order valence-corrected chi connectivity index (χ1v) is 13.6. The van der Waals surface area contributed by atoms with Crippen molar-refractivity contribution in [1.82, 2.24) is 19.8 Å². The van der Waals surface area contributed by atoms with Gasteiger partial charge < -0.3 is 33.7 Å². The van der Waals surface area contributed by atoms with Gasteiger partial charge in [-0.1, -0.05) is 18.2 Å². The second-order valence-electron chi connectivity index (χ2n) is 11.4. The molecule has 0 saturated carbocycles. The number of nitrogens with one attached hydrogen (secondary N) is 1. The van der Waals surface area contributed by atoms with Crippen LogP contribution in [-0.2, 0) is 20.6 Å². The summed E-state index contributed by atoms with van der Waals surface area (Å²) in [4.78, 5) is 69.5. The molecule has 1 aromatic carbocycles. The highest BCUT2D eigenvalue weighted by atomic mass is 16.6. The van der Waals surface area contributed by atoms with Crippen molar-refractivity contribution in [2.75, 3.05) is 34.3 Å². The minimum Gasteiger partial charge on any atom is -0.464 e. The van der Waals surface area contributed by atoms with Crippen molar-refractivity contribution in [2.24, 2.45) is 0 Å². The minimum atomic E-state index is -0.941. The van der Waals surface area contributed by atoms with Crippen LogP contribution < -0.4 is 10.3 Å². The van der Waals surface area contributed by atoms with E-state index in [0.29, 0.717) is 13.0 Å². The van der Waals surface area contributed by atoms with Crippen molar-refractivity contribution >= 4 is 24.1 Å². The van der Waals surface area contributed by atoms with Gasteiger partial charge in [-0.3, -0.25) is 4.79 Å². The molecule has 1 aromatic heterocycles. The Morgan fingerprint density at radius 3 is 1.89 bits per heavy atom. The van der Waals surface area contributed by atoms with Gasteiger partial charge >= 0.3 is 24.1 Å². The average Bonchev–Trinajstić information content (AvgIpc) is 2.94. The number of esters is 2. The van der Waals surface area contributed by atoms with Crippen LogP contribution in [0, 0.1) is 11.3 Å². The Kier molecular flexibility index (Phi) is 14.0. The van der Waals surface area contributed by atoms with E-state index in [1.165, 1.54) is 29.0 Å². The third kappa shape index (κ3) is 13.4. The summed E-state index contributed by atoms with van der Waals surface area (Å²) >= 11 is 0. The number of H-pyrrole nitrogens is 1. The van der Waals surface area contributed by atoms with Crippen LogP contribution in [0.2, 0.25) is 0 Å². The third-order valence-electron chi connectivity index (χ3n) is 5.16. The van der Waals surface area contributed by atoms with Gasteiger partial charge in [0.15, 0.2) is 5.69 Å². The number of carbonyl (C=O) groups excluding carboxylic acids is 4. The van der Waals surface area contributed by atoms with Crippen molar-refractivity contribution in [3.05, 3.63) is 57.8 Å². The molecular weight excluding hydrogens is 574 g/mol. The summed E-state index contributed by atoms with van der Waals surface area (Å²) in [6, 6.07) is 9.95. The van der Waals surface area contributed by atoms with Crippen molar-refractivity contribution in [3.63, 3.8) is 0 Å². The second-order valence-corrected chi connectivity index (χ2v) is 11.4. The van der Waals surface area contributed by atoms with Crippen molar-refractivity contribution in [3.8, 4) is 11.8 Å². The zero-order valence-electron chi connectivity index (χ0n) is 26.7. The fraction of sp³-hybridized carbons (Fsp3) is 0.500. The normalized spacial score (nSPS) is 10.7. The van der Waals surface area contributed by atoms with Crippen LogP contribution in [0.3, 0.4) is 0 Å². The summed E-state index contributed by atoms with van der Waals surface area (Å²) in [5, 5.41) is 8.30. The number of hydrogen-bond donors (Lipinski definition) is 1. The Morgan fingerprint density at radius 1 is 0.886 bits per heavy atom. The number of methoxy groups -OCH3 is 1. The predicted octanol–water partition coefficient (Wildman–Crippen LogP) is 3.95. The number of ether oxygens (including phenoxy) is 4. The summed E-state index contributed by atoms with van der Waals surface area (Å²) in [7, 11) is 4.26. The summed E-state index contributed by atoms with van der Waals surface area (Å²) < 4.78 is 20.1. The SMILES string of the molecule is CN(CCC#N)C(=O)OC(C)(C)C.COC(=O)c1nc(CCN(C)C(=O)OC(C)(C)C)[nH]c(=O)c1OC(=O)c1ccccc1. The maximum atomic E-state index is 12.5. The molecule has 0 unspecified atom stereocenters. The highest BCUT2D eigenvalue weighted by Crippen LogP contribution is 2.15. The quantitative estimate of drug-likeness (QED) is 0.335. The molecule has 0 bridgehead atoms. The zero-order chi connectivity index (χ0) is 33.7. The molecule has 2 amide bonds. The molecule has 0 fully saturated rings. The van der Waals surface area contributed by atoms with E-state index in [9.17, 15) is 24.0 Å². The molecule has 0 radical (unpaired) electrons. The number of amides is 2. The molecule has 0 saturated heterocycles.